The molecule has 0 radical (unpaired) electrons. The molecular weight excluding hydrogens is 404 g/mol. The Bertz CT molecular complexity index is 1100. The Balaban J connectivity index is 3.07. The van der Waals surface area contributed by atoms with Crippen molar-refractivity contribution in [3.05, 3.63) is 56.8 Å². The van der Waals surface area contributed by atoms with E-state index in [1.807, 2.05) is 12.1 Å². The van der Waals surface area contributed by atoms with E-state index in [4.69, 9.17) is 9.47 Å². The molecule has 0 unspecified atom stereocenters. The fourth-order valence-corrected chi connectivity index (χ4v) is 3.28. The smallest absolute Gasteiger partial charge is 0.340 e. The number of non-ortho nitro benzene ring substituents is 1. The number of nitro groups is 1. The van der Waals surface area contributed by atoms with Crippen molar-refractivity contribution in [3.8, 4) is 12.1 Å². The molecule has 31 heavy (non-hydrogen) atoms. The van der Waals surface area contributed by atoms with E-state index in [9.17, 15) is 30.2 Å². The number of hydrogen-bond donors (Lipinski definition) is 1. The average Bonchev–Trinajstić information content (AvgIpc) is 3.01. The van der Waals surface area contributed by atoms with Crippen LogP contribution in [0.4, 0.5) is 5.69 Å². The molecule has 1 aromatic carbocycles. The van der Waals surface area contributed by atoms with Gasteiger partial charge in [-0.15, -0.1) is 0 Å². The van der Waals surface area contributed by atoms with Crippen LogP contribution in [-0.2, 0) is 19.1 Å². The van der Waals surface area contributed by atoms with E-state index in [-0.39, 0.29) is 33.7 Å². The minimum absolute atomic E-state index is 0.0461. The molecule has 0 aliphatic heterocycles. The summed E-state index contributed by atoms with van der Waals surface area (Å²) in [5, 5.41) is 34.5. The molecule has 1 aliphatic rings. The number of nitriles is 2. The van der Waals surface area contributed by atoms with Gasteiger partial charge in [0.2, 0.25) is 5.41 Å². The lowest BCUT2D eigenvalue weighted by Crippen LogP contribution is -2.41. The number of benzene rings is 1. The molecule has 10 nitrogen and oxygen atoms in total. The van der Waals surface area contributed by atoms with Gasteiger partial charge in [-0.2, -0.15) is 10.5 Å². The maximum Gasteiger partial charge on any atom is 0.340 e. The molecule has 160 valence electrons. The Morgan fingerprint density at radius 2 is 1.65 bits per heavy atom. The first-order valence-corrected chi connectivity index (χ1v) is 8.99. The lowest BCUT2D eigenvalue weighted by atomic mass is 9.78. The molecule has 0 saturated heterocycles. The van der Waals surface area contributed by atoms with Crippen molar-refractivity contribution >= 4 is 23.2 Å². The number of nitrogens with zero attached hydrogens (tertiary/aromatic N) is 3. The molecule has 0 saturated carbocycles. The van der Waals surface area contributed by atoms with Gasteiger partial charge in [0, 0.05) is 23.2 Å². The third-order valence-electron chi connectivity index (χ3n) is 4.46. The number of nitro benzene ring substituents is 1. The summed E-state index contributed by atoms with van der Waals surface area (Å²) in [6.07, 6.45) is 0. The third kappa shape index (κ3) is 3.96. The summed E-state index contributed by atoms with van der Waals surface area (Å²) in [6.45, 7) is 5.20. The van der Waals surface area contributed by atoms with Gasteiger partial charge in [-0.3, -0.25) is 10.1 Å². The molecule has 0 aromatic heterocycles. The van der Waals surface area contributed by atoms with Crippen LogP contribution in [0, 0.1) is 38.2 Å². The molecule has 0 amide bonds. The number of methoxy groups -OCH3 is 2. The number of hydrogen-bond acceptors (Lipinski definition) is 9. The summed E-state index contributed by atoms with van der Waals surface area (Å²) >= 11 is 0. The molecule has 0 atom stereocenters. The molecule has 0 heterocycles. The minimum atomic E-state index is -2.16. The Morgan fingerprint density at radius 3 is 2.10 bits per heavy atom. The molecule has 0 bridgehead atoms. The van der Waals surface area contributed by atoms with Crippen LogP contribution in [0.1, 0.15) is 26.3 Å². The van der Waals surface area contributed by atoms with E-state index in [0.29, 0.717) is 0 Å². The molecule has 0 fully saturated rings. The second kappa shape index (κ2) is 8.28. The molecule has 0 spiro atoms. The zero-order chi connectivity index (χ0) is 23.6. The predicted molar refractivity (Wildman–Crippen MR) is 108 cm³/mol. The second-order valence-electron chi connectivity index (χ2n) is 7.64. The largest absolute Gasteiger partial charge is 0.465 e. The normalized spacial score (nSPS) is 15.1. The fourth-order valence-electron chi connectivity index (χ4n) is 3.28. The number of rotatable bonds is 5. The monoisotopic (exact) mass is 424 g/mol. The standard InChI is InChI=1S/C21H20N4O6/c1-20(2,3)24-17-15(19(27)31-5)14(18(26)30-4)16(21(17,10-22)11-23)12-7-6-8-13(9-12)25(28)29/h6-9,24H,1-5H3. The summed E-state index contributed by atoms with van der Waals surface area (Å²) in [6, 6.07) is 8.88. The van der Waals surface area contributed by atoms with Gasteiger partial charge in [-0.05, 0) is 26.3 Å². The molecule has 10 heteroatoms. The highest BCUT2D eigenvalue weighted by atomic mass is 16.6. The van der Waals surface area contributed by atoms with Gasteiger partial charge in [-0.25, -0.2) is 9.59 Å². The highest BCUT2D eigenvalue weighted by Crippen LogP contribution is 2.52. The van der Waals surface area contributed by atoms with E-state index < -0.39 is 27.8 Å². The first kappa shape index (κ1) is 23.1. The van der Waals surface area contributed by atoms with Crippen molar-refractivity contribution in [2.75, 3.05) is 14.2 Å². The third-order valence-corrected chi connectivity index (χ3v) is 4.46. The van der Waals surface area contributed by atoms with E-state index in [1.54, 1.807) is 20.8 Å². The lowest BCUT2D eigenvalue weighted by molar-refractivity contribution is -0.384. The number of carbonyl (C=O) groups excluding carboxylic acids is 2. The Morgan fingerprint density at radius 1 is 1.10 bits per heavy atom. The van der Waals surface area contributed by atoms with E-state index in [0.717, 1.165) is 20.3 Å². The van der Waals surface area contributed by atoms with Crippen LogP contribution < -0.4 is 5.32 Å². The SMILES string of the molecule is COC(=O)C1=C(NC(C)(C)C)C(C#N)(C#N)C(c2cccc([N+](=O)[O-])c2)=C1C(=O)OC. The summed E-state index contributed by atoms with van der Waals surface area (Å²) < 4.78 is 9.66. The summed E-state index contributed by atoms with van der Waals surface area (Å²) in [4.78, 5) is 36.1. The van der Waals surface area contributed by atoms with Crippen LogP contribution in [0.5, 0.6) is 0 Å². The quantitative estimate of drug-likeness (QED) is 0.426. The molecular formula is C21H20N4O6. The van der Waals surface area contributed by atoms with Crippen LogP contribution in [0.25, 0.3) is 5.57 Å². The van der Waals surface area contributed by atoms with Gasteiger partial charge in [0.15, 0.2) is 0 Å². The summed E-state index contributed by atoms with van der Waals surface area (Å²) in [5.74, 6) is -1.97. The molecule has 2 rings (SSSR count). The van der Waals surface area contributed by atoms with Crippen LogP contribution in [0.3, 0.4) is 0 Å². The van der Waals surface area contributed by atoms with Crippen molar-refractivity contribution in [2.24, 2.45) is 5.41 Å². The van der Waals surface area contributed by atoms with Gasteiger partial charge >= 0.3 is 11.9 Å². The zero-order valence-corrected chi connectivity index (χ0v) is 17.6. The van der Waals surface area contributed by atoms with Gasteiger partial charge in [0.25, 0.3) is 5.69 Å². The van der Waals surface area contributed by atoms with Crippen molar-refractivity contribution in [1.82, 2.24) is 5.32 Å². The van der Waals surface area contributed by atoms with Crippen molar-refractivity contribution < 1.29 is 24.0 Å². The molecule has 1 N–H and O–H groups in total. The average molecular weight is 424 g/mol. The number of nitrogens with one attached hydrogen (secondary N) is 1. The Labute approximate surface area is 178 Å². The van der Waals surface area contributed by atoms with Crippen LogP contribution >= 0.6 is 0 Å². The lowest BCUT2D eigenvalue weighted by Gasteiger charge is -2.30. The maximum atomic E-state index is 12.8. The van der Waals surface area contributed by atoms with Gasteiger partial charge in [0.05, 0.1) is 48.1 Å². The summed E-state index contributed by atoms with van der Waals surface area (Å²) in [5.41, 5.74) is -4.22. The molecule has 1 aromatic rings. The number of allylic oxidation sites excluding steroid dienone is 1. The Hall–Kier alpha value is -4.18. The maximum absolute atomic E-state index is 12.8. The second-order valence-corrected chi connectivity index (χ2v) is 7.64. The van der Waals surface area contributed by atoms with Crippen molar-refractivity contribution in [2.45, 2.75) is 26.3 Å². The first-order chi connectivity index (χ1) is 14.5. The van der Waals surface area contributed by atoms with Gasteiger partial charge in [-0.1, -0.05) is 12.1 Å². The van der Waals surface area contributed by atoms with Crippen LogP contribution in [-0.4, -0.2) is 36.6 Å². The fraction of sp³-hybridized carbons (Fsp3) is 0.333. The van der Waals surface area contributed by atoms with Gasteiger partial charge in [0.1, 0.15) is 0 Å². The predicted octanol–water partition coefficient (Wildman–Crippen LogP) is 2.38. The van der Waals surface area contributed by atoms with Crippen LogP contribution in [0.2, 0.25) is 0 Å². The van der Waals surface area contributed by atoms with E-state index >= 15 is 0 Å². The van der Waals surface area contributed by atoms with E-state index in [1.165, 1.54) is 18.2 Å². The van der Waals surface area contributed by atoms with E-state index in [2.05, 4.69) is 5.32 Å². The number of carbonyl (C=O) groups is 2. The van der Waals surface area contributed by atoms with Gasteiger partial charge < -0.3 is 14.8 Å². The molecule has 1 aliphatic carbocycles. The zero-order valence-electron chi connectivity index (χ0n) is 17.6. The highest BCUT2D eigenvalue weighted by molar-refractivity contribution is 6.17. The first-order valence-electron chi connectivity index (χ1n) is 8.99. The number of esters is 2. The topological polar surface area (TPSA) is 155 Å². The van der Waals surface area contributed by atoms with Crippen LogP contribution in [0.15, 0.2) is 41.1 Å². The summed E-state index contributed by atoms with van der Waals surface area (Å²) in [7, 11) is 2.16. The van der Waals surface area contributed by atoms with Crippen molar-refractivity contribution in [3.63, 3.8) is 0 Å². The minimum Gasteiger partial charge on any atom is -0.465 e. The highest BCUT2D eigenvalue weighted by Gasteiger charge is 2.54. The number of ether oxygens (including phenoxy) is 2. The Kier molecular flexibility index (Phi) is 6.17. The van der Waals surface area contributed by atoms with Crippen molar-refractivity contribution in [1.29, 1.82) is 10.5 Å².